The van der Waals surface area contributed by atoms with Gasteiger partial charge in [0.2, 0.25) is 0 Å². The van der Waals surface area contributed by atoms with Crippen LogP contribution in [0.4, 0.5) is 0 Å². The van der Waals surface area contributed by atoms with Crippen LogP contribution in [-0.4, -0.2) is 22.3 Å². The molecule has 0 bridgehead atoms. The zero-order valence-corrected chi connectivity index (χ0v) is 15.2. The van der Waals surface area contributed by atoms with E-state index in [9.17, 15) is 4.57 Å². The summed E-state index contributed by atoms with van der Waals surface area (Å²) in [6.45, 7) is 7.12. The van der Waals surface area contributed by atoms with Crippen molar-refractivity contribution in [2.45, 2.75) is 45.8 Å². The van der Waals surface area contributed by atoms with Gasteiger partial charge in [0.1, 0.15) is 0 Å². The van der Waals surface area contributed by atoms with Gasteiger partial charge in [-0.15, -0.1) is 0 Å². The molecule has 5 nitrogen and oxygen atoms in total. The number of nitrogens with one attached hydrogen (secondary N) is 1. The predicted molar refractivity (Wildman–Crippen MR) is 89.1 cm³/mol. The minimum absolute atomic E-state index is 0.105. The van der Waals surface area contributed by atoms with Crippen LogP contribution in [0.15, 0.2) is 16.8 Å². The first-order chi connectivity index (χ1) is 9.37. The Bertz CT molecular complexity index is 438. The maximum atomic E-state index is 12.4. The molecule has 0 aromatic heterocycles. The predicted octanol–water partition coefficient (Wildman–Crippen LogP) is 4.58. The quantitative estimate of drug-likeness (QED) is 0.541. The Hall–Kier alpha value is 0.0600. The first-order valence-electron chi connectivity index (χ1n) is 6.65. The summed E-state index contributed by atoms with van der Waals surface area (Å²) in [6.07, 6.45) is 2.88. The topological polar surface area (TPSA) is 59.9 Å². The molecule has 0 amide bonds. The SMILES string of the molecule is CC=C1N=C(NOP(=O)(OCC)SCCC)SC1(C)C. The van der Waals surface area contributed by atoms with Gasteiger partial charge in [-0.3, -0.25) is 4.52 Å². The molecular formula is C12H23N2O3PS2. The molecule has 0 aromatic rings. The van der Waals surface area contributed by atoms with E-state index in [1.807, 2.05) is 19.9 Å². The van der Waals surface area contributed by atoms with E-state index in [0.717, 1.165) is 17.9 Å². The van der Waals surface area contributed by atoms with Gasteiger partial charge in [-0.2, -0.15) is 4.62 Å². The molecule has 1 heterocycles. The lowest BCUT2D eigenvalue weighted by molar-refractivity contribution is 0.198. The highest BCUT2D eigenvalue weighted by Gasteiger charge is 2.34. The number of rotatable bonds is 7. The summed E-state index contributed by atoms with van der Waals surface area (Å²) in [6, 6.07) is 0. The lowest BCUT2D eigenvalue weighted by atomic mass is 10.1. The summed E-state index contributed by atoms with van der Waals surface area (Å²) in [5, 5.41) is 0.611. The van der Waals surface area contributed by atoms with E-state index in [-0.39, 0.29) is 4.75 Å². The lowest BCUT2D eigenvalue weighted by Gasteiger charge is -2.18. The van der Waals surface area contributed by atoms with E-state index in [1.165, 1.54) is 11.4 Å². The number of amidine groups is 1. The Labute approximate surface area is 129 Å². The maximum Gasteiger partial charge on any atom is 0.410 e. The van der Waals surface area contributed by atoms with Crippen LogP contribution >= 0.6 is 29.9 Å². The molecule has 0 radical (unpaired) electrons. The van der Waals surface area contributed by atoms with Gasteiger partial charge in [0.05, 0.1) is 17.1 Å². The molecule has 0 saturated carbocycles. The second kappa shape index (κ2) is 7.90. The molecule has 1 N–H and O–H groups in total. The zero-order chi connectivity index (χ0) is 15.2. The molecule has 0 aromatic carbocycles. The number of hydrogen-bond donors (Lipinski definition) is 1. The van der Waals surface area contributed by atoms with Gasteiger partial charge >= 0.3 is 6.80 Å². The first kappa shape index (κ1) is 18.1. The molecule has 1 atom stereocenters. The third-order valence-corrected chi connectivity index (χ3v) is 7.37. The van der Waals surface area contributed by atoms with Gasteiger partial charge in [0.25, 0.3) is 0 Å². The van der Waals surface area contributed by atoms with Crippen LogP contribution < -0.4 is 5.48 Å². The number of nitrogens with zero attached hydrogens (tertiary/aromatic N) is 1. The maximum absolute atomic E-state index is 12.4. The van der Waals surface area contributed by atoms with Crippen molar-refractivity contribution < 1.29 is 13.7 Å². The van der Waals surface area contributed by atoms with Gasteiger partial charge in [-0.25, -0.2) is 15.0 Å². The number of hydroxylamine groups is 1. The highest BCUT2D eigenvalue weighted by molar-refractivity contribution is 8.55. The van der Waals surface area contributed by atoms with Gasteiger partial charge in [0.15, 0.2) is 5.17 Å². The van der Waals surface area contributed by atoms with Gasteiger partial charge in [-0.1, -0.05) is 24.8 Å². The van der Waals surface area contributed by atoms with Crippen molar-refractivity contribution in [2.24, 2.45) is 4.99 Å². The van der Waals surface area contributed by atoms with Crippen LogP contribution in [0, 0.1) is 0 Å². The van der Waals surface area contributed by atoms with E-state index in [2.05, 4.69) is 24.3 Å². The summed E-state index contributed by atoms with van der Waals surface area (Å²) < 4.78 is 22.9. The Morgan fingerprint density at radius 1 is 1.50 bits per heavy atom. The molecule has 0 spiro atoms. The van der Waals surface area contributed by atoms with Crippen LogP contribution in [0.5, 0.6) is 0 Å². The molecular weight excluding hydrogens is 315 g/mol. The van der Waals surface area contributed by atoms with Crippen molar-refractivity contribution >= 4 is 35.1 Å². The lowest BCUT2D eigenvalue weighted by Crippen LogP contribution is -2.21. The molecule has 0 saturated heterocycles. The average Bonchev–Trinajstić information content (AvgIpc) is 2.69. The van der Waals surface area contributed by atoms with Crippen LogP contribution in [0.25, 0.3) is 0 Å². The highest BCUT2D eigenvalue weighted by Crippen LogP contribution is 2.60. The van der Waals surface area contributed by atoms with Crippen molar-refractivity contribution in [1.29, 1.82) is 0 Å². The molecule has 1 aliphatic heterocycles. The summed E-state index contributed by atoms with van der Waals surface area (Å²) >= 11 is 2.75. The van der Waals surface area contributed by atoms with Crippen LogP contribution in [0.3, 0.4) is 0 Å². The fraction of sp³-hybridized carbons (Fsp3) is 0.750. The Morgan fingerprint density at radius 2 is 2.20 bits per heavy atom. The van der Waals surface area contributed by atoms with Crippen LogP contribution in [0.2, 0.25) is 0 Å². The minimum atomic E-state index is -3.17. The second-order valence-corrected chi connectivity index (χ2v) is 10.3. The van der Waals surface area contributed by atoms with E-state index < -0.39 is 6.80 Å². The van der Waals surface area contributed by atoms with E-state index >= 15 is 0 Å². The Kier molecular flexibility index (Phi) is 7.15. The number of thioether (sulfide) groups is 1. The summed E-state index contributed by atoms with van der Waals surface area (Å²) in [4.78, 5) is 4.42. The molecule has 0 aliphatic carbocycles. The van der Waals surface area contributed by atoms with Crippen molar-refractivity contribution in [3.05, 3.63) is 11.8 Å². The van der Waals surface area contributed by atoms with Crippen LogP contribution in [-0.2, 0) is 13.7 Å². The van der Waals surface area contributed by atoms with Crippen molar-refractivity contribution in [1.82, 2.24) is 5.48 Å². The molecule has 0 fully saturated rings. The van der Waals surface area contributed by atoms with Gasteiger partial charge < -0.3 is 0 Å². The normalized spacial score (nSPS) is 22.6. The number of hydrogen-bond acceptors (Lipinski definition) is 7. The monoisotopic (exact) mass is 338 g/mol. The number of aliphatic imine (C=N–C) groups is 1. The van der Waals surface area contributed by atoms with Crippen molar-refractivity contribution in [2.75, 3.05) is 12.4 Å². The summed E-state index contributed by atoms with van der Waals surface area (Å²) in [5.41, 5.74) is 3.67. The van der Waals surface area contributed by atoms with E-state index in [0.29, 0.717) is 11.8 Å². The van der Waals surface area contributed by atoms with Gasteiger partial charge in [-0.05, 0) is 45.5 Å². The summed E-state index contributed by atoms with van der Waals surface area (Å²) in [5.74, 6) is 0.726. The first-order valence-corrected chi connectivity index (χ1v) is 10.6. The summed E-state index contributed by atoms with van der Waals surface area (Å²) in [7, 11) is 0. The zero-order valence-electron chi connectivity index (χ0n) is 12.6. The standard InChI is InChI=1S/C12H23N2O3PS2/c1-6-9-19-18(15,16-8-3)17-14-11-13-10(7-2)12(4,5)20-11/h7H,6,8-9H2,1-5H3,(H,13,14). The second-order valence-electron chi connectivity index (χ2n) is 4.59. The minimum Gasteiger partial charge on any atom is -0.300 e. The largest absolute Gasteiger partial charge is 0.410 e. The molecule has 20 heavy (non-hydrogen) atoms. The smallest absolute Gasteiger partial charge is 0.300 e. The van der Waals surface area contributed by atoms with Crippen molar-refractivity contribution in [3.8, 4) is 0 Å². The fourth-order valence-corrected chi connectivity index (χ4v) is 5.73. The fourth-order valence-electron chi connectivity index (χ4n) is 1.56. The average molecular weight is 338 g/mol. The van der Waals surface area contributed by atoms with E-state index in [1.54, 1.807) is 18.7 Å². The van der Waals surface area contributed by atoms with E-state index in [4.69, 9.17) is 9.15 Å². The molecule has 8 heteroatoms. The highest BCUT2D eigenvalue weighted by atomic mass is 32.7. The Morgan fingerprint density at radius 3 is 2.70 bits per heavy atom. The molecule has 116 valence electrons. The van der Waals surface area contributed by atoms with Gasteiger partial charge in [0, 0.05) is 5.75 Å². The third kappa shape index (κ3) is 5.11. The Balaban J connectivity index is 2.63. The molecule has 1 aliphatic rings. The van der Waals surface area contributed by atoms with Crippen molar-refractivity contribution in [3.63, 3.8) is 0 Å². The number of allylic oxidation sites excluding steroid dienone is 1. The third-order valence-electron chi connectivity index (χ3n) is 2.45. The molecule has 1 rings (SSSR count). The van der Waals surface area contributed by atoms with Crippen LogP contribution in [0.1, 0.15) is 41.0 Å². The molecule has 1 unspecified atom stereocenters.